The van der Waals surface area contributed by atoms with Crippen LogP contribution in [0, 0.1) is 0 Å². The minimum Gasteiger partial charge on any atom is -0.461 e. The van der Waals surface area contributed by atoms with E-state index in [4.69, 9.17) is 9.47 Å². The smallest absolute Gasteiger partial charge is 0.306 e. The van der Waals surface area contributed by atoms with Gasteiger partial charge in [0.15, 0.2) is 0 Å². The van der Waals surface area contributed by atoms with Gasteiger partial charge in [-0.25, -0.2) is 0 Å². The summed E-state index contributed by atoms with van der Waals surface area (Å²) in [7, 11) is 0. The molecule has 37 heavy (non-hydrogen) atoms. The van der Waals surface area contributed by atoms with Crippen molar-refractivity contribution < 1.29 is 19.1 Å². The first-order valence-corrected chi connectivity index (χ1v) is 18.3. The average Bonchev–Trinajstić information content (AvgIpc) is 2.94. The van der Waals surface area contributed by atoms with E-state index in [1.54, 1.807) is 21.7 Å². The maximum absolute atomic E-state index is 11.6. The van der Waals surface area contributed by atoms with E-state index in [0.717, 1.165) is 11.1 Å². The molecule has 0 saturated carbocycles. The van der Waals surface area contributed by atoms with E-state index in [0.29, 0.717) is 38.9 Å². The summed E-state index contributed by atoms with van der Waals surface area (Å²) in [4.78, 5) is 23.3. The molecular weight excluding hydrogens is 567 g/mol. The maximum atomic E-state index is 11.6. The predicted octanol–water partition coefficient (Wildman–Crippen LogP) is 8.72. The van der Waals surface area contributed by atoms with Gasteiger partial charge in [0.25, 0.3) is 0 Å². The normalized spacial score (nSPS) is 10.3. The SMILES string of the molecule is CCCCC[CH2][Sn][CH2]CCCCC.O=C(CCCCC(=O)OCc1ccccc1)OCc1ccccc1. The predicted molar refractivity (Wildman–Crippen MR) is 155 cm³/mol. The van der Waals surface area contributed by atoms with E-state index in [2.05, 4.69) is 13.8 Å². The number of rotatable bonds is 19. The standard InChI is InChI=1S/C20H22O4.2C6H13.Sn/c21-19(23-15-17-9-3-1-4-10-17)13-7-8-14-20(22)24-16-18-11-5-2-6-12-18;2*1-3-5-6-4-2;/h1-6,9-12H,7-8,13-16H2;2*1,3-6H2,2H3;. The minimum absolute atomic E-state index is 0.104. The third-order valence-corrected chi connectivity index (χ3v) is 9.95. The Morgan fingerprint density at radius 1 is 0.568 bits per heavy atom. The second-order valence-corrected chi connectivity index (χ2v) is 13.7. The number of unbranched alkanes of at least 4 members (excludes halogenated alkanes) is 7. The fourth-order valence-electron chi connectivity index (χ4n) is 3.64. The van der Waals surface area contributed by atoms with Gasteiger partial charge >= 0.3 is 107 Å². The molecule has 0 heterocycles. The molecule has 4 nitrogen and oxygen atoms in total. The number of hydrogen-bond donors (Lipinski definition) is 0. The van der Waals surface area contributed by atoms with Crippen LogP contribution in [-0.2, 0) is 32.3 Å². The monoisotopic (exact) mass is 616 g/mol. The van der Waals surface area contributed by atoms with E-state index >= 15 is 0 Å². The van der Waals surface area contributed by atoms with Crippen LogP contribution in [0.3, 0.4) is 0 Å². The third kappa shape index (κ3) is 20.9. The van der Waals surface area contributed by atoms with Crippen molar-refractivity contribution in [2.75, 3.05) is 0 Å². The average molecular weight is 615 g/mol. The Hall–Kier alpha value is -1.82. The number of carbonyl (C=O) groups excluding carboxylic acids is 2. The summed E-state index contributed by atoms with van der Waals surface area (Å²) in [6.45, 7) is 5.17. The Labute approximate surface area is 236 Å². The molecule has 0 spiro atoms. The van der Waals surface area contributed by atoms with Crippen LogP contribution >= 0.6 is 0 Å². The van der Waals surface area contributed by atoms with Crippen LogP contribution in [0.2, 0.25) is 8.87 Å². The van der Waals surface area contributed by atoms with Crippen molar-refractivity contribution in [3.8, 4) is 0 Å². The first-order valence-electron chi connectivity index (χ1n) is 14.3. The fraction of sp³-hybridized carbons (Fsp3) is 0.562. The molecule has 2 rings (SSSR count). The zero-order valence-electron chi connectivity index (χ0n) is 23.2. The van der Waals surface area contributed by atoms with Gasteiger partial charge in [-0.3, -0.25) is 9.59 Å². The summed E-state index contributed by atoms with van der Waals surface area (Å²) in [6, 6.07) is 19.1. The number of carbonyl (C=O) groups is 2. The van der Waals surface area contributed by atoms with E-state index in [9.17, 15) is 9.59 Å². The van der Waals surface area contributed by atoms with Crippen LogP contribution in [0.5, 0.6) is 0 Å². The van der Waals surface area contributed by atoms with Gasteiger partial charge in [-0.15, -0.1) is 0 Å². The molecule has 204 valence electrons. The second kappa shape index (κ2) is 24.5. The van der Waals surface area contributed by atoms with Gasteiger partial charge in [0.1, 0.15) is 13.2 Å². The van der Waals surface area contributed by atoms with Gasteiger partial charge in [0.2, 0.25) is 0 Å². The quantitative estimate of drug-likeness (QED) is 0.0902. The molecule has 0 amide bonds. The molecule has 0 unspecified atom stereocenters. The van der Waals surface area contributed by atoms with Gasteiger partial charge in [-0.2, -0.15) is 0 Å². The molecule has 2 aromatic rings. The van der Waals surface area contributed by atoms with Gasteiger partial charge < -0.3 is 9.47 Å². The first-order chi connectivity index (χ1) is 18.2. The largest absolute Gasteiger partial charge is 0.461 e. The Morgan fingerprint density at radius 2 is 0.973 bits per heavy atom. The second-order valence-electron chi connectivity index (χ2n) is 9.37. The molecule has 0 N–H and O–H groups in total. The fourth-order valence-corrected chi connectivity index (χ4v) is 7.21. The van der Waals surface area contributed by atoms with Gasteiger partial charge in [0, 0.05) is 12.8 Å². The zero-order chi connectivity index (χ0) is 26.8. The van der Waals surface area contributed by atoms with E-state index in [-0.39, 0.29) is 33.1 Å². The van der Waals surface area contributed by atoms with Crippen molar-refractivity contribution in [2.24, 2.45) is 0 Å². The van der Waals surface area contributed by atoms with E-state index in [1.165, 1.54) is 38.5 Å². The van der Waals surface area contributed by atoms with Crippen molar-refractivity contribution in [3.63, 3.8) is 0 Å². The summed E-state index contributed by atoms with van der Waals surface area (Å²) < 4.78 is 13.7. The topological polar surface area (TPSA) is 52.6 Å². The van der Waals surface area contributed by atoms with Crippen molar-refractivity contribution in [2.45, 2.75) is 113 Å². The zero-order valence-corrected chi connectivity index (χ0v) is 26.1. The van der Waals surface area contributed by atoms with E-state index in [1.807, 2.05) is 60.7 Å². The number of hydrogen-bond acceptors (Lipinski definition) is 4. The van der Waals surface area contributed by atoms with Gasteiger partial charge in [-0.1, -0.05) is 60.7 Å². The molecule has 0 saturated heterocycles. The molecule has 2 aromatic carbocycles. The van der Waals surface area contributed by atoms with E-state index < -0.39 is 0 Å². The maximum Gasteiger partial charge on any atom is 0.306 e. The van der Waals surface area contributed by atoms with Crippen LogP contribution in [0.25, 0.3) is 0 Å². The molecule has 2 radical (unpaired) electrons. The van der Waals surface area contributed by atoms with Crippen LogP contribution < -0.4 is 0 Å². The molecule has 0 fully saturated rings. The molecule has 0 bridgehead atoms. The van der Waals surface area contributed by atoms with Gasteiger partial charge in [-0.05, 0) is 24.0 Å². The van der Waals surface area contributed by atoms with Crippen molar-refractivity contribution in [1.29, 1.82) is 0 Å². The Kier molecular flexibility index (Phi) is 22.0. The summed E-state index contributed by atoms with van der Waals surface area (Å²) in [5, 5.41) is 0. The molecule has 0 aliphatic heterocycles. The van der Waals surface area contributed by atoms with Crippen LogP contribution in [0.4, 0.5) is 0 Å². The van der Waals surface area contributed by atoms with Crippen molar-refractivity contribution in [1.82, 2.24) is 0 Å². The summed E-state index contributed by atoms with van der Waals surface area (Å²) >= 11 is 0.104. The Bertz CT molecular complexity index is 727. The number of benzene rings is 2. The Morgan fingerprint density at radius 3 is 1.35 bits per heavy atom. The minimum atomic E-state index is -0.239. The Balaban J connectivity index is 0.000000448. The summed E-state index contributed by atoms with van der Waals surface area (Å²) in [5.74, 6) is -0.479. The summed E-state index contributed by atoms with van der Waals surface area (Å²) in [5.41, 5.74) is 1.94. The molecule has 0 aliphatic rings. The summed E-state index contributed by atoms with van der Waals surface area (Å²) in [6.07, 6.45) is 13.7. The van der Waals surface area contributed by atoms with Gasteiger partial charge in [0.05, 0.1) is 0 Å². The van der Waals surface area contributed by atoms with Crippen molar-refractivity contribution >= 4 is 33.1 Å². The van der Waals surface area contributed by atoms with Crippen LogP contribution in [-0.4, -0.2) is 33.1 Å². The van der Waals surface area contributed by atoms with Crippen molar-refractivity contribution in [3.05, 3.63) is 71.8 Å². The molecular formula is C32H48O4Sn. The first kappa shape index (κ1) is 33.2. The molecule has 5 heteroatoms. The van der Waals surface area contributed by atoms with Crippen LogP contribution in [0.1, 0.15) is 102 Å². The number of ether oxygens (including phenoxy) is 2. The third-order valence-electron chi connectivity index (χ3n) is 5.91. The molecule has 0 atom stereocenters. The number of esters is 2. The van der Waals surface area contributed by atoms with Crippen LogP contribution in [0.15, 0.2) is 60.7 Å². The molecule has 0 aromatic heterocycles. The molecule has 0 aliphatic carbocycles.